The van der Waals surface area contributed by atoms with E-state index in [0.717, 1.165) is 65.6 Å². The van der Waals surface area contributed by atoms with Crippen molar-refractivity contribution in [1.82, 2.24) is 24.3 Å². The Kier molecular flexibility index (Phi) is 8.27. The quantitative estimate of drug-likeness (QED) is 0.181. The van der Waals surface area contributed by atoms with Gasteiger partial charge in [-0.2, -0.15) is 0 Å². The molecule has 2 aliphatic rings. The number of amides is 2. The van der Waals surface area contributed by atoms with Crippen LogP contribution in [-0.2, 0) is 6.42 Å². The zero-order chi connectivity index (χ0) is 33.3. The van der Waals surface area contributed by atoms with E-state index in [-0.39, 0.29) is 6.03 Å². The fraction of sp³-hybridized carbons (Fsp3) is 0.250. The van der Waals surface area contributed by atoms with Gasteiger partial charge in [0.15, 0.2) is 0 Å². The van der Waals surface area contributed by atoms with Gasteiger partial charge in [0, 0.05) is 54.2 Å². The van der Waals surface area contributed by atoms with E-state index in [9.17, 15) is 4.79 Å². The van der Waals surface area contributed by atoms with E-state index in [0.29, 0.717) is 30.1 Å². The van der Waals surface area contributed by atoms with Gasteiger partial charge in [0.2, 0.25) is 5.95 Å². The van der Waals surface area contributed by atoms with Crippen LogP contribution in [0, 0.1) is 0 Å². The lowest BCUT2D eigenvalue weighted by Gasteiger charge is -2.29. The molecule has 1 fully saturated rings. The smallest absolute Gasteiger partial charge is 0.324 e. The molecule has 49 heavy (non-hydrogen) atoms. The maximum absolute atomic E-state index is 13.5. The summed E-state index contributed by atoms with van der Waals surface area (Å²) in [5, 5.41) is 6.55. The molecule has 2 amide bonds. The summed E-state index contributed by atoms with van der Waals surface area (Å²) in [5.74, 6) is 1.08. The molecule has 1 atom stereocenters. The second kappa shape index (κ2) is 13.2. The number of nitrogens with one attached hydrogen (secondary N) is 2. The molecule has 2 N–H and O–H groups in total. The number of anilines is 4. The minimum Gasteiger partial charge on any atom is -0.324 e. The van der Waals surface area contributed by atoms with E-state index >= 15 is 0 Å². The van der Waals surface area contributed by atoms with E-state index < -0.39 is 0 Å². The summed E-state index contributed by atoms with van der Waals surface area (Å²) in [6, 6.07) is 33.0. The van der Waals surface area contributed by atoms with Gasteiger partial charge in [-0.3, -0.25) is 9.30 Å². The Hall–Kier alpha value is -5.54. The minimum absolute atomic E-state index is 0.139. The number of hydrogen-bond acceptors (Lipinski definition) is 6. The van der Waals surface area contributed by atoms with Crippen LogP contribution in [0.4, 0.5) is 27.8 Å². The number of likely N-dealkylation sites (tertiary alicyclic amines) is 1. The molecular weight excluding hydrogens is 608 g/mol. The molecule has 1 saturated heterocycles. The van der Waals surface area contributed by atoms with Crippen LogP contribution in [0.3, 0.4) is 0 Å². The maximum atomic E-state index is 13.5. The summed E-state index contributed by atoms with van der Waals surface area (Å²) in [6.45, 7) is 7.49. The van der Waals surface area contributed by atoms with Crippen molar-refractivity contribution < 1.29 is 4.79 Å². The van der Waals surface area contributed by atoms with Crippen LogP contribution in [0.25, 0.3) is 28.3 Å². The monoisotopic (exact) mass is 648 g/mol. The molecule has 1 unspecified atom stereocenters. The average Bonchev–Trinajstić information content (AvgIpc) is 3.78. The molecule has 3 aromatic carbocycles. The molecule has 0 aliphatic carbocycles. The number of rotatable bonds is 7. The van der Waals surface area contributed by atoms with Crippen LogP contribution >= 0.6 is 0 Å². The number of para-hydroxylation sites is 1. The number of pyridine rings is 1. The normalized spacial score (nSPS) is 16.2. The number of carbonyl (C=O) groups excluding carboxylic acids is 1. The molecule has 5 heterocycles. The minimum atomic E-state index is -0.139. The molecule has 0 radical (unpaired) electrons. The third-order valence-electron chi connectivity index (χ3n) is 9.76. The van der Waals surface area contributed by atoms with Crippen molar-refractivity contribution in [3.05, 3.63) is 121 Å². The summed E-state index contributed by atoms with van der Waals surface area (Å²) in [6.07, 6.45) is 6.89. The van der Waals surface area contributed by atoms with Gasteiger partial charge >= 0.3 is 6.03 Å². The van der Waals surface area contributed by atoms with Crippen molar-refractivity contribution in [3.63, 3.8) is 0 Å². The molecule has 9 nitrogen and oxygen atoms in total. The highest BCUT2D eigenvalue weighted by atomic mass is 16.2. The average molecular weight is 649 g/mol. The number of carbonyl (C=O) groups is 1. The molecule has 8 rings (SSSR count). The topological polar surface area (TPSA) is 90.7 Å². The summed E-state index contributed by atoms with van der Waals surface area (Å²) in [4.78, 5) is 32.4. The van der Waals surface area contributed by atoms with Crippen molar-refractivity contribution in [3.8, 4) is 22.6 Å². The number of fused-ring (bicyclic) bond motifs is 2. The third-order valence-corrected chi connectivity index (χ3v) is 9.76. The lowest BCUT2D eigenvalue weighted by atomic mass is 9.98. The summed E-state index contributed by atoms with van der Waals surface area (Å²) in [5.41, 5.74) is 9.23. The Bertz CT molecular complexity index is 2120. The van der Waals surface area contributed by atoms with Crippen molar-refractivity contribution in [2.75, 3.05) is 35.2 Å². The zero-order valence-corrected chi connectivity index (χ0v) is 27.9. The first-order valence-electron chi connectivity index (χ1n) is 17.2. The number of urea groups is 1. The molecule has 0 bridgehead atoms. The Morgan fingerprint density at radius 1 is 0.878 bits per heavy atom. The first kappa shape index (κ1) is 30.8. The van der Waals surface area contributed by atoms with Crippen LogP contribution in [0.1, 0.15) is 43.7 Å². The summed E-state index contributed by atoms with van der Waals surface area (Å²) >= 11 is 0. The van der Waals surface area contributed by atoms with E-state index in [1.165, 1.54) is 17.5 Å². The predicted molar refractivity (Wildman–Crippen MR) is 197 cm³/mol. The Morgan fingerprint density at radius 3 is 2.59 bits per heavy atom. The van der Waals surface area contributed by atoms with Crippen molar-refractivity contribution in [2.24, 2.45) is 0 Å². The van der Waals surface area contributed by atoms with Crippen LogP contribution in [-0.4, -0.2) is 56.0 Å². The van der Waals surface area contributed by atoms with Gasteiger partial charge in [-0.15, -0.1) is 0 Å². The number of aryl methyl sites for hydroxylation is 1. The van der Waals surface area contributed by atoms with Crippen molar-refractivity contribution in [1.29, 1.82) is 0 Å². The van der Waals surface area contributed by atoms with Gasteiger partial charge in [-0.1, -0.05) is 48.5 Å². The van der Waals surface area contributed by atoms with Crippen molar-refractivity contribution in [2.45, 2.75) is 45.1 Å². The van der Waals surface area contributed by atoms with Gasteiger partial charge in [0.1, 0.15) is 5.65 Å². The Morgan fingerprint density at radius 2 is 1.73 bits per heavy atom. The number of hydrogen-bond donors (Lipinski definition) is 2. The number of imidazole rings is 1. The second-order valence-electron chi connectivity index (χ2n) is 13.2. The highest BCUT2D eigenvalue weighted by Crippen LogP contribution is 2.35. The first-order valence-corrected chi connectivity index (χ1v) is 17.2. The standard InChI is InChI=1S/C40H40N8O/c1-27(2)46-24-20-31(26-46)28-15-17-32(18-16-28)42-39-41-21-19-34(44-39)38-37(45-36-14-5-6-22-48(36)38)30-10-7-12-33(25-30)43-40(49)47-23-8-11-29-9-3-4-13-35(29)47/h3-7,9-10,12-19,21-22,25,27,31H,8,11,20,23-24,26H2,1-2H3,(H,43,49)(H,41,42,44). The largest absolute Gasteiger partial charge is 0.326 e. The maximum Gasteiger partial charge on any atom is 0.326 e. The highest BCUT2D eigenvalue weighted by molar-refractivity contribution is 6.03. The van der Waals surface area contributed by atoms with E-state index in [2.05, 4.69) is 64.7 Å². The highest BCUT2D eigenvalue weighted by Gasteiger charge is 2.26. The van der Waals surface area contributed by atoms with E-state index in [1.54, 1.807) is 6.20 Å². The number of nitrogens with zero attached hydrogens (tertiary/aromatic N) is 6. The zero-order valence-electron chi connectivity index (χ0n) is 27.9. The molecule has 0 spiro atoms. The lowest BCUT2D eigenvalue weighted by molar-refractivity contribution is 0.256. The van der Waals surface area contributed by atoms with Gasteiger partial charge in [0.05, 0.1) is 17.1 Å². The SMILES string of the molecule is CC(C)N1CCC(c2ccc(Nc3nccc(-c4c(-c5cccc(NC(=O)N6CCCc7ccccc76)c5)nc5ccccn45)n3)cc2)C1. The first-order chi connectivity index (χ1) is 24.0. The van der Waals surface area contributed by atoms with Crippen LogP contribution < -0.4 is 15.5 Å². The Labute approximate surface area is 286 Å². The lowest BCUT2D eigenvalue weighted by Crippen LogP contribution is -2.38. The van der Waals surface area contributed by atoms with Crippen LogP contribution in [0.15, 0.2) is 109 Å². The third kappa shape index (κ3) is 6.25. The van der Waals surface area contributed by atoms with E-state index in [1.807, 2.05) is 82.2 Å². The van der Waals surface area contributed by atoms with E-state index in [4.69, 9.17) is 9.97 Å². The summed E-state index contributed by atoms with van der Waals surface area (Å²) in [7, 11) is 0. The van der Waals surface area contributed by atoms with Crippen LogP contribution in [0.2, 0.25) is 0 Å². The fourth-order valence-corrected chi connectivity index (χ4v) is 7.17. The molecule has 2 aliphatic heterocycles. The molecular formula is C40H40N8O. The second-order valence-corrected chi connectivity index (χ2v) is 13.2. The van der Waals surface area contributed by atoms with Gasteiger partial charge in [-0.05, 0) is 105 Å². The van der Waals surface area contributed by atoms with Gasteiger partial charge in [0.25, 0.3) is 0 Å². The fourth-order valence-electron chi connectivity index (χ4n) is 7.17. The molecule has 246 valence electrons. The summed E-state index contributed by atoms with van der Waals surface area (Å²) < 4.78 is 2.05. The Balaban J connectivity index is 1.06. The van der Waals surface area contributed by atoms with Crippen molar-refractivity contribution >= 4 is 34.7 Å². The number of aromatic nitrogens is 4. The van der Waals surface area contributed by atoms with Gasteiger partial charge < -0.3 is 15.5 Å². The molecule has 9 heteroatoms. The molecule has 0 saturated carbocycles. The van der Waals surface area contributed by atoms with Gasteiger partial charge in [-0.25, -0.2) is 19.7 Å². The predicted octanol–water partition coefficient (Wildman–Crippen LogP) is 8.38. The molecule has 6 aromatic rings. The van der Waals surface area contributed by atoms with Crippen LogP contribution in [0.5, 0.6) is 0 Å². The molecule has 3 aromatic heterocycles. The number of benzene rings is 3.